The van der Waals surface area contributed by atoms with Crippen molar-refractivity contribution in [3.05, 3.63) is 0 Å². The van der Waals surface area contributed by atoms with Crippen molar-refractivity contribution in [1.29, 1.82) is 0 Å². The standard InChI is InChI=1S/C12H24N2O2/c1-16-14-8-6-13(7-9-14)12-5-3-2-4-11(12)10-15/h11-12,15H,2-10H2,1H3. The average Bonchev–Trinajstić information content (AvgIpc) is 2.39. The van der Waals surface area contributed by atoms with Gasteiger partial charge in [0.15, 0.2) is 0 Å². The number of aliphatic hydroxyl groups excluding tert-OH is 1. The quantitative estimate of drug-likeness (QED) is 0.772. The van der Waals surface area contributed by atoms with Gasteiger partial charge in [0.25, 0.3) is 0 Å². The summed E-state index contributed by atoms with van der Waals surface area (Å²) in [5.74, 6) is 0.503. The van der Waals surface area contributed by atoms with Crippen LogP contribution >= 0.6 is 0 Å². The van der Waals surface area contributed by atoms with Crippen LogP contribution in [-0.4, -0.2) is 61.0 Å². The number of rotatable bonds is 3. The Morgan fingerprint density at radius 3 is 2.44 bits per heavy atom. The molecule has 1 N–H and O–H groups in total. The molecule has 0 bridgehead atoms. The van der Waals surface area contributed by atoms with Crippen LogP contribution in [0.4, 0.5) is 0 Å². The fourth-order valence-corrected chi connectivity index (χ4v) is 3.10. The molecular formula is C12H24N2O2. The predicted octanol–water partition coefficient (Wildman–Crippen LogP) is 0.716. The van der Waals surface area contributed by atoms with Gasteiger partial charge in [-0.25, -0.2) is 0 Å². The monoisotopic (exact) mass is 228 g/mol. The van der Waals surface area contributed by atoms with E-state index in [9.17, 15) is 5.11 Å². The number of piperazine rings is 1. The molecule has 0 aromatic rings. The summed E-state index contributed by atoms with van der Waals surface area (Å²) in [6, 6.07) is 0.609. The molecule has 1 aliphatic carbocycles. The van der Waals surface area contributed by atoms with Gasteiger partial charge in [0.1, 0.15) is 0 Å². The van der Waals surface area contributed by atoms with Crippen molar-refractivity contribution in [1.82, 2.24) is 9.96 Å². The normalized spacial score (nSPS) is 34.1. The largest absolute Gasteiger partial charge is 0.396 e. The van der Waals surface area contributed by atoms with Crippen LogP contribution in [0.25, 0.3) is 0 Å². The lowest BCUT2D eigenvalue weighted by Crippen LogP contribution is -2.53. The van der Waals surface area contributed by atoms with Crippen LogP contribution in [0.1, 0.15) is 25.7 Å². The van der Waals surface area contributed by atoms with E-state index in [0.29, 0.717) is 18.6 Å². The maximum atomic E-state index is 9.43. The Balaban J connectivity index is 1.86. The number of hydrogen-bond acceptors (Lipinski definition) is 4. The highest BCUT2D eigenvalue weighted by Gasteiger charge is 2.31. The van der Waals surface area contributed by atoms with Crippen molar-refractivity contribution in [3.63, 3.8) is 0 Å². The lowest BCUT2D eigenvalue weighted by Gasteiger charge is -2.43. The molecule has 4 heteroatoms. The van der Waals surface area contributed by atoms with E-state index in [0.717, 1.165) is 26.2 Å². The second-order valence-electron chi connectivity index (χ2n) is 4.94. The highest BCUT2D eigenvalue weighted by molar-refractivity contribution is 4.85. The molecule has 0 spiro atoms. The highest BCUT2D eigenvalue weighted by Crippen LogP contribution is 2.28. The van der Waals surface area contributed by atoms with Gasteiger partial charge in [-0.05, 0) is 18.8 Å². The Hall–Kier alpha value is -0.160. The summed E-state index contributed by atoms with van der Waals surface area (Å²) in [7, 11) is 1.74. The molecular weight excluding hydrogens is 204 g/mol. The van der Waals surface area contributed by atoms with Gasteiger partial charge >= 0.3 is 0 Å². The molecule has 1 heterocycles. The van der Waals surface area contributed by atoms with Gasteiger partial charge in [-0.1, -0.05) is 12.8 Å². The van der Waals surface area contributed by atoms with E-state index in [1.54, 1.807) is 7.11 Å². The summed E-state index contributed by atoms with van der Waals surface area (Å²) in [6.07, 6.45) is 5.08. The first-order chi connectivity index (χ1) is 7.85. The Bertz CT molecular complexity index is 205. The van der Waals surface area contributed by atoms with Crippen molar-refractivity contribution in [2.24, 2.45) is 5.92 Å². The van der Waals surface area contributed by atoms with Crippen LogP contribution in [0.15, 0.2) is 0 Å². The number of aliphatic hydroxyl groups is 1. The smallest absolute Gasteiger partial charge is 0.0575 e. The number of hydroxylamine groups is 2. The van der Waals surface area contributed by atoms with Crippen LogP contribution in [-0.2, 0) is 4.84 Å². The van der Waals surface area contributed by atoms with Crippen molar-refractivity contribution < 1.29 is 9.94 Å². The van der Waals surface area contributed by atoms with E-state index in [4.69, 9.17) is 4.84 Å². The summed E-state index contributed by atoms with van der Waals surface area (Å²) < 4.78 is 0. The lowest BCUT2D eigenvalue weighted by atomic mass is 9.84. The first-order valence-corrected chi connectivity index (χ1v) is 6.49. The summed E-state index contributed by atoms with van der Waals surface area (Å²) in [5, 5.41) is 11.4. The van der Waals surface area contributed by atoms with Crippen LogP contribution < -0.4 is 0 Å². The minimum atomic E-state index is 0.356. The van der Waals surface area contributed by atoms with E-state index >= 15 is 0 Å². The SMILES string of the molecule is CON1CCN(C2CCCCC2CO)CC1. The third-order valence-electron chi connectivity index (χ3n) is 4.10. The third kappa shape index (κ3) is 2.74. The summed E-state index contributed by atoms with van der Waals surface area (Å²) in [5.41, 5.74) is 0. The first kappa shape index (κ1) is 12.3. The third-order valence-corrected chi connectivity index (χ3v) is 4.10. The molecule has 1 aliphatic heterocycles. The molecule has 0 amide bonds. The summed E-state index contributed by atoms with van der Waals surface area (Å²) >= 11 is 0. The first-order valence-electron chi connectivity index (χ1n) is 6.49. The Labute approximate surface area is 98.1 Å². The number of nitrogens with zero attached hydrogens (tertiary/aromatic N) is 2. The van der Waals surface area contributed by atoms with Crippen molar-refractivity contribution in [2.75, 3.05) is 39.9 Å². The highest BCUT2D eigenvalue weighted by atomic mass is 16.7. The van der Waals surface area contributed by atoms with Crippen molar-refractivity contribution in [2.45, 2.75) is 31.7 Å². The minimum absolute atomic E-state index is 0.356. The molecule has 2 unspecified atom stereocenters. The zero-order chi connectivity index (χ0) is 11.4. The average molecular weight is 228 g/mol. The predicted molar refractivity (Wildman–Crippen MR) is 63.0 cm³/mol. The van der Waals surface area contributed by atoms with Gasteiger partial charge in [-0.15, -0.1) is 0 Å². The molecule has 16 heavy (non-hydrogen) atoms. The van der Waals surface area contributed by atoms with Gasteiger partial charge in [-0.2, -0.15) is 5.06 Å². The molecule has 0 radical (unpaired) electrons. The number of hydrogen-bond donors (Lipinski definition) is 1. The molecule has 2 fully saturated rings. The van der Waals surface area contributed by atoms with E-state index in [1.165, 1.54) is 25.7 Å². The van der Waals surface area contributed by atoms with Crippen LogP contribution in [0.3, 0.4) is 0 Å². The molecule has 2 rings (SSSR count). The molecule has 1 saturated heterocycles. The summed E-state index contributed by atoms with van der Waals surface area (Å²) in [4.78, 5) is 7.79. The van der Waals surface area contributed by atoms with Gasteiger partial charge in [-0.3, -0.25) is 4.90 Å². The molecule has 2 atom stereocenters. The second-order valence-corrected chi connectivity index (χ2v) is 4.94. The maximum Gasteiger partial charge on any atom is 0.0575 e. The van der Waals surface area contributed by atoms with Crippen LogP contribution in [0.5, 0.6) is 0 Å². The summed E-state index contributed by atoms with van der Waals surface area (Å²) in [6.45, 7) is 4.50. The Kier molecular flexibility index (Phi) is 4.58. The minimum Gasteiger partial charge on any atom is -0.396 e. The van der Waals surface area contributed by atoms with Gasteiger partial charge in [0.2, 0.25) is 0 Å². The maximum absolute atomic E-state index is 9.43. The van der Waals surface area contributed by atoms with E-state index < -0.39 is 0 Å². The van der Waals surface area contributed by atoms with E-state index in [1.807, 2.05) is 5.06 Å². The van der Waals surface area contributed by atoms with E-state index in [2.05, 4.69) is 4.90 Å². The van der Waals surface area contributed by atoms with Gasteiger partial charge in [0, 0.05) is 38.8 Å². The molecule has 4 nitrogen and oxygen atoms in total. The molecule has 2 aliphatic rings. The lowest BCUT2D eigenvalue weighted by molar-refractivity contribution is -0.158. The fourth-order valence-electron chi connectivity index (χ4n) is 3.10. The zero-order valence-corrected chi connectivity index (χ0v) is 10.3. The van der Waals surface area contributed by atoms with Crippen molar-refractivity contribution >= 4 is 0 Å². The zero-order valence-electron chi connectivity index (χ0n) is 10.3. The van der Waals surface area contributed by atoms with Crippen LogP contribution in [0.2, 0.25) is 0 Å². The Morgan fingerprint density at radius 1 is 1.12 bits per heavy atom. The molecule has 94 valence electrons. The van der Waals surface area contributed by atoms with Crippen molar-refractivity contribution in [3.8, 4) is 0 Å². The fraction of sp³-hybridized carbons (Fsp3) is 1.00. The molecule has 0 aromatic carbocycles. The molecule has 1 saturated carbocycles. The second kappa shape index (κ2) is 5.96. The molecule has 0 aromatic heterocycles. The van der Waals surface area contributed by atoms with Crippen LogP contribution in [0, 0.1) is 5.92 Å². The van der Waals surface area contributed by atoms with Gasteiger partial charge in [0.05, 0.1) is 7.11 Å². The topological polar surface area (TPSA) is 35.9 Å². The van der Waals surface area contributed by atoms with E-state index in [-0.39, 0.29) is 0 Å². The Morgan fingerprint density at radius 2 is 1.81 bits per heavy atom. The van der Waals surface area contributed by atoms with Gasteiger partial charge < -0.3 is 9.94 Å².